The van der Waals surface area contributed by atoms with Crippen LogP contribution in [0.3, 0.4) is 0 Å². The van der Waals surface area contributed by atoms with Gasteiger partial charge < -0.3 is 0 Å². The summed E-state index contributed by atoms with van der Waals surface area (Å²) in [5, 5.41) is 0. The molecule has 0 heterocycles. The van der Waals surface area contributed by atoms with Gasteiger partial charge in [0.05, 0.1) is 5.56 Å². The lowest BCUT2D eigenvalue weighted by Crippen LogP contribution is -2.21. The summed E-state index contributed by atoms with van der Waals surface area (Å²) in [4.78, 5) is 12.8. The number of carbonyl (C=O) groups excluding carboxylic acids is 1. The molecule has 1 nitrogen and oxygen atoms in total. The van der Waals surface area contributed by atoms with Crippen molar-refractivity contribution in [3.63, 3.8) is 0 Å². The van der Waals surface area contributed by atoms with E-state index in [-0.39, 0.29) is 5.78 Å². The highest BCUT2D eigenvalue weighted by molar-refractivity contribution is 6.06. The average molecular weight is 334 g/mol. The summed E-state index contributed by atoms with van der Waals surface area (Å²) in [6.45, 7) is 9.29. The van der Waals surface area contributed by atoms with E-state index in [4.69, 9.17) is 0 Å². The van der Waals surface area contributed by atoms with Gasteiger partial charge in [-0.1, -0.05) is 44.5 Å². The Morgan fingerprint density at radius 3 is 1.92 bits per heavy atom. The van der Waals surface area contributed by atoms with Gasteiger partial charge in [0.25, 0.3) is 0 Å². The normalized spacial score (nSPS) is 12.3. The summed E-state index contributed by atoms with van der Waals surface area (Å²) in [7, 11) is 0. The number of rotatable bonds is 2. The van der Waals surface area contributed by atoms with E-state index in [9.17, 15) is 18.0 Å². The van der Waals surface area contributed by atoms with Crippen LogP contribution in [0, 0.1) is 19.3 Å². The third kappa shape index (κ3) is 3.69. The third-order valence-electron chi connectivity index (χ3n) is 3.91. The Morgan fingerprint density at radius 1 is 0.917 bits per heavy atom. The van der Waals surface area contributed by atoms with E-state index in [0.29, 0.717) is 16.7 Å². The summed E-state index contributed by atoms with van der Waals surface area (Å²) in [6.07, 6.45) is -4.37. The maximum atomic E-state index is 12.8. The number of alkyl halides is 3. The van der Waals surface area contributed by atoms with E-state index >= 15 is 0 Å². The highest BCUT2D eigenvalue weighted by Crippen LogP contribution is 2.35. The molecule has 0 aliphatic carbocycles. The van der Waals surface area contributed by atoms with Crippen LogP contribution < -0.4 is 0 Å². The molecule has 128 valence electrons. The minimum absolute atomic E-state index is 0.0239. The Labute approximate surface area is 140 Å². The zero-order chi connectivity index (χ0) is 18.3. The fraction of sp³-hybridized carbons (Fsp3) is 0.350. The highest BCUT2D eigenvalue weighted by Gasteiger charge is 2.31. The van der Waals surface area contributed by atoms with Crippen molar-refractivity contribution < 1.29 is 18.0 Å². The summed E-state index contributed by atoms with van der Waals surface area (Å²) < 4.78 is 38.3. The standard InChI is InChI=1S/C20H21F3O/c1-12-10-13(2)17(16(11-12)18(24)19(3,4)5)14-6-8-15(9-7-14)20(21,22)23/h6-11H,1-5H3. The molecule has 0 amide bonds. The fourth-order valence-electron chi connectivity index (χ4n) is 2.76. The number of carbonyl (C=O) groups is 1. The van der Waals surface area contributed by atoms with Crippen molar-refractivity contribution >= 4 is 5.78 Å². The molecule has 24 heavy (non-hydrogen) atoms. The minimum atomic E-state index is -4.37. The number of halogens is 3. The quantitative estimate of drug-likeness (QED) is 0.596. The Morgan fingerprint density at radius 2 is 1.46 bits per heavy atom. The van der Waals surface area contributed by atoms with E-state index in [1.807, 2.05) is 46.8 Å². The van der Waals surface area contributed by atoms with Crippen molar-refractivity contribution in [2.45, 2.75) is 40.8 Å². The molecule has 0 aliphatic rings. The maximum Gasteiger partial charge on any atom is 0.416 e. The zero-order valence-electron chi connectivity index (χ0n) is 14.5. The van der Waals surface area contributed by atoms with Crippen LogP contribution in [0.25, 0.3) is 11.1 Å². The smallest absolute Gasteiger partial charge is 0.294 e. The highest BCUT2D eigenvalue weighted by atomic mass is 19.4. The van der Waals surface area contributed by atoms with E-state index < -0.39 is 17.2 Å². The van der Waals surface area contributed by atoms with Gasteiger partial charge in [0.2, 0.25) is 0 Å². The van der Waals surface area contributed by atoms with Crippen LogP contribution >= 0.6 is 0 Å². The first kappa shape index (κ1) is 18.2. The van der Waals surface area contributed by atoms with E-state index in [2.05, 4.69) is 0 Å². The van der Waals surface area contributed by atoms with Crippen LogP contribution in [0.1, 0.15) is 47.8 Å². The number of hydrogen-bond donors (Lipinski definition) is 0. The van der Waals surface area contributed by atoms with Crippen molar-refractivity contribution in [1.29, 1.82) is 0 Å². The first-order valence-corrected chi connectivity index (χ1v) is 7.75. The van der Waals surface area contributed by atoms with Crippen LogP contribution in [-0.4, -0.2) is 5.78 Å². The third-order valence-corrected chi connectivity index (χ3v) is 3.91. The van der Waals surface area contributed by atoms with Crippen LogP contribution in [0.5, 0.6) is 0 Å². The van der Waals surface area contributed by atoms with Crippen LogP contribution in [0.15, 0.2) is 36.4 Å². The van der Waals surface area contributed by atoms with Crippen molar-refractivity contribution in [1.82, 2.24) is 0 Å². The molecule has 0 atom stereocenters. The van der Waals surface area contributed by atoms with Gasteiger partial charge in [0.15, 0.2) is 5.78 Å². The van der Waals surface area contributed by atoms with Gasteiger partial charge in [0, 0.05) is 11.0 Å². The van der Waals surface area contributed by atoms with Gasteiger partial charge in [-0.2, -0.15) is 13.2 Å². The average Bonchev–Trinajstić information content (AvgIpc) is 2.44. The molecule has 0 bridgehead atoms. The number of aryl methyl sites for hydroxylation is 2. The van der Waals surface area contributed by atoms with Gasteiger partial charge >= 0.3 is 6.18 Å². The van der Waals surface area contributed by atoms with Crippen molar-refractivity contribution in [2.75, 3.05) is 0 Å². The molecule has 0 fully saturated rings. The Kier molecular flexibility index (Phi) is 4.62. The Hall–Kier alpha value is -2.10. The van der Waals surface area contributed by atoms with Gasteiger partial charge in [-0.25, -0.2) is 0 Å². The molecule has 2 rings (SSSR count). The lowest BCUT2D eigenvalue weighted by atomic mass is 9.81. The second-order valence-electron chi connectivity index (χ2n) is 7.16. The molecule has 0 aromatic heterocycles. The van der Waals surface area contributed by atoms with Gasteiger partial charge in [-0.3, -0.25) is 4.79 Å². The SMILES string of the molecule is Cc1cc(C)c(-c2ccc(C(F)(F)F)cc2)c(C(=O)C(C)(C)C)c1. The molecule has 0 unspecified atom stereocenters. The molecule has 4 heteroatoms. The first-order chi connectivity index (χ1) is 10.9. The first-order valence-electron chi connectivity index (χ1n) is 7.75. The largest absolute Gasteiger partial charge is 0.416 e. The molecular weight excluding hydrogens is 313 g/mol. The van der Waals surface area contributed by atoms with Gasteiger partial charge in [-0.15, -0.1) is 0 Å². The second kappa shape index (κ2) is 6.08. The summed E-state index contributed by atoms with van der Waals surface area (Å²) in [5.74, 6) is -0.0239. The topological polar surface area (TPSA) is 17.1 Å². The summed E-state index contributed by atoms with van der Waals surface area (Å²) in [6, 6.07) is 8.72. The van der Waals surface area contributed by atoms with E-state index in [1.54, 1.807) is 0 Å². The second-order valence-corrected chi connectivity index (χ2v) is 7.16. The van der Waals surface area contributed by atoms with Crippen LogP contribution in [0.2, 0.25) is 0 Å². The van der Waals surface area contributed by atoms with Crippen LogP contribution in [0.4, 0.5) is 13.2 Å². The molecule has 2 aromatic carbocycles. The lowest BCUT2D eigenvalue weighted by molar-refractivity contribution is -0.137. The molecule has 0 aliphatic heterocycles. The van der Waals surface area contributed by atoms with Gasteiger partial charge in [0.1, 0.15) is 0 Å². The van der Waals surface area contributed by atoms with Crippen molar-refractivity contribution in [3.05, 3.63) is 58.7 Å². The van der Waals surface area contributed by atoms with Crippen LogP contribution in [-0.2, 0) is 6.18 Å². The molecular formula is C20H21F3O. The molecule has 0 radical (unpaired) electrons. The maximum absolute atomic E-state index is 12.8. The molecule has 0 saturated heterocycles. The molecule has 2 aromatic rings. The predicted molar refractivity (Wildman–Crippen MR) is 90.1 cm³/mol. The lowest BCUT2D eigenvalue weighted by Gasteiger charge is -2.21. The molecule has 0 spiro atoms. The summed E-state index contributed by atoms with van der Waals surface area (Å²) in [5.41, 5.74) is 2.45. The van der Waals surface area contributed by atoms with Crippen molar-refractivity contribution in [3.8, 4) is 11.1 Å². The van der Waals surface area contributed by atoms with E-state index in [1.165, 1.54) is 12.1 Å². The predicted octanol–water partition coefficient (Wildman–Crippen LogP) is 6.22. The van der Waals surface area contributed by atoms with Gasteiger partial charge in [-0.05, 0) is 48.7 Å². The number of ketones is 1. The Balaban J connectivity index is 2.64. The van der Waals surface area contributed by atoms with Crippen molar-refractivity contribution in [2.24, 2.45) is 5.41 Å². The van der Waals surface area contributed by atoms with E-state index in [0.717, 1.165) is 23.3 Å². The summed E-state index contributed by atoms with van der Waals surface area (Å²) >= 11 is 0. The monoisotopic (exact) mass is 334 g/mol. The minimum Gasteiger partial charge on any atom is -0.294 e. The zero-order valence-corrected chi connectivity index (χ0v) is 14.5. The molecule has 0 N–H and O–H groups in total. The number of benzene rings is 2. The fourth-order valence-corrected chi connectivity index (χ4v) is 2.76. The number of Topliss-reactive ketones (excluding diaryl/α,β-unsaturated/α-hetero) is 1. The Bertz CT molecular complexity index is 763. The molecule has 0 saturated carbocycles. The number of hydrogen-bond acceptors (Lipinski definition) is 1.